The molecule has 6 heteroatoms. The van der Waals surface area contributed by atoms with Gasteiger partial charge >= 0.3 is 6.03 Å². The molecule has 1 atom stereocenters. The van der Waals surface area contributed by atoms with E-state index >= 15 is 0 Å². The Balaban J connectivity index is 2.41. The molecule has 108 valence electrons. The van der Waals surface area contributed by atoms with E-state index in [1.165, 1.54) is 13.3 Å². The van der Waals surface area contributed by atoms with E-state index in [1.807, 2.05) is 20.8 Å². The largest absolute Gasteiger partial charge is 0.481 e. The molecular formula is C14H19N3O3. The molecule has 3 amide bonds. The molecule has 0 spiro atoms. The summed E-state index contributed by atoms with van der Waals surface area (Å²) in [5.74, 6) is 0.215. The second kappa shape index (κ2) is 4.77. The van der Waals surface area contributed by atoms with Gasteiger partial charge in [0.05, 0.1) is 19.0 Å². The second-order valence-corrected chi connectivity index (χ2v) is 5.45. The Hall–Kier alpha value is -2.11. The molecule has 1 aromatic rings. The number of carbonyl (C=O) groups excluding carboxylic acids is 2. The Morgan fingerprint density at radius 2 is 2.05 bits per heavy atom. The third-order valence-electron chi connectivity index (χ3n) is 3.84. The molecule has 1 aliphatic heterocycles. The Labute approximate surface area is 118 Å². The first-order valence-corrected chi connectivity index (χ1v) is 6.48. The van der Waals surface area contributed by atoms with E-state index in [-0.39, 0.29) is 11.8 Å². The van der Waals surface area contributed by atoms with Crippen LogP contribution in [0.15, 0.2) is 12.3 Å². The van der Waals surface area contributed by atoms with Gasteiger partial charge in [-0.1, -0.05) is 13.8 Å². The van der Waals surface area contributed by atoms with Crippen molar-refractivity contribution in [2.75, 3.05) is 12.0 Å². The third kappa shape index (κ3) is 2.01. The van der Waals surface area contributed by atoms with E-state index < -0.39 is 11.6 Å². The maximum absolute atomic E-state index is 12.5. The highest BCUT2D eigenvalue weighted by molar-refractivity contribution is 6.23. The van der Waals surface area contributed by atoms with Gasteiger partial charge in [-0.2, -0.15) is 0 Å². The zero-order chi connectivity index (χ0) is 15.1. The van der Waals surface area contributed by atoms with Crippen molar-refractivity contribution in [3.05, 3.63) is 17.8 Å². The summed E-state index contributed by atoms with van der Waals surface area (Å²) in [6, 6.07) is 1.30. The van der Waals surface area contributed by atoms with Gasteiger partial charge in [-0.05, 0) is 25.8 Å². The minimum atomic E-state index is -0.884. The van der Waals surface area contributed by atoms with Gasteiger partial charge in [-0.15, -0.1) is 0 Å². The van der Waals surface area contributed by atoms with Crippen LogP contribution in [0.2, 0.25) is 0 Å². The van der Waals surface area contributed by atoms with E-state index in [0.717, 1.165) is 10.5 Å². The number of hydrogen-bond donors (Lipinski definition) is 1. The standard InChI is InChI=1S/C14H19N3O3/c1-8(2)14(4)12(18)17(13(19)16-14)10-6-9(3)11(20-5)15-7-10/h6-8H,1-5H3,(H,16,19). The predicted molar refractivity (Wildman–Crippen MR) is 74.8 cm³/mol. The van der Waals surface area contributed by atoms with Crippen LogP contribution in [0.3, 0.4) is 0 Å². The molecule has 1 aliphatic rings. The minimum absolute atomic E-state index is 0.00347. The van der Waals surface area contributed by atoms with Crippen molar-refractivity contribution in [2.45, 2.75) is 33.2 Å². The molecule has 1 aromatic heterocycles. The first-order valence-electron chi connectivity index (χ1n) is 6.48. The van der Waals surface area contributed by atoms with E-state index in [4.69, 9.17) is 4.74 Å². The average Bonchev–Trinajstić information content (AvgIpc) is 2.61. The minimum Gasteiger partial charge on any atom is -0.481 e. The Bertz CT molecular complexity index is 571. The molecule has 1 fully saturated rings. The normalized spacial score (nSPS) is 22.4. The van der Waals surface area contributed by atoms with Gasteiger partial charge < -0.3 is 10.1 Å². The number of amides is 3. The third-order valence-corrected chi connectivity index (χ3v) is 3.84. The molecular weight excluding hydrogens is 258 g/mol. The molecule has 2 heterocycles. The Kier molecular flexibility index (Phi) is 3.41. The summed E-state index contributed by atoms with van der Waals surface area (Å²) >= 11 is 0. The number of aryl methyl sites for hydroxylation is 1. The van der Waals surface area contributed by atoms with Crippen molar-refractivity contribution in [3.63, 3.8) is 0 Å². The van der Waals surface area contributed by atoms with E-state index in [0.29, 0.717) is 11.6 Å². The van der Waals surface area contributed by atoms with Crippen LogP contribution in [0, 0.1) is 12.8 Å². The summed E-state index contributed by atoms with van der Waals surface area (Å²) in [7, 11) is 1.53. The lowest BCUT2D eigenvalue weighted by molar-refractivity contribution is -0.122. The van der Waals surface area contributed by atoms with Gasteiger partial charge in [0.2, 0.25) is 5.88 Å². The molecule has 0 radical (unpaired) electrons. The molecule has 0 aliphatic carbocycles. The van der Waals surface area contributed by atoms with Crippen molar-refractivity contribution < 1.29 is 14.3 Å². The van der Waals surface area contributed by atoms with Crippen molar-refractivity contribution in [1.82, 2.24) is 10.3 Å². The monoisotopic (exact) mass is 277 g/mol. The quantitative estimate of drug-likeness (QED) is 0.856. The number of anilines is 1. The van der Waals surface area contributed by atoms with Crippen LogP contribution in [0.1, 0.15) is 26.3 Å². The molecule has 0 aromatic carbocycles. The number of nitrogens with zero attached hydrogens (tertiary/aromatic N) is 2. The fourth-order valence-corrected chi connectivity index (χ4v) is 2.17. The van der Waals surface area contributed by atoms with Crippen LogP contribution in [0.5, 0.6) is 5.88 Å². The fraction of sp³-hybridized carbons (Fsp3) is 0.500. The lowest BCUT2D eigenvalue weighted by atomic mass is 9.88. The molecule has 1 N–H and O–H groups in total. The van der Waals surface area contributed by atoms with Gasteiger partial charge in [0.25, 0.3) is 5.91 Å². The Morgan fingerprint density at radius 1 is 1.40 bits per heavy atom. The predicted octanol–water partition coefficient (Wildman–Crippen LogP) is 1.87. The lowest BCUT2D eigenvalue weighted by Crippen LogP contribution is -2.48. The topological polar surface area (TPSA) is 71.5 Å². The number of ether oxygens (including phenoxy) is 1. The van der Waals surface area contributed by atoms with E-state index in [2.05, 4.69) is 10.3 Å². The second-order valence-electron chi connectivity index (χ2n) is 5.45. The van der Waals surface area contributed by atoms with Crippen molar-refractivity contribution in [1.29, 1.82) is 0 Å². The van der Waals surface area contributed by atoms with Gasteiger partial charge in [0.1, 0.15) is 5.54 Å². The lowest BCUT2D eigenvalue weighted by Gasteiger charge is -2.25. The van der Waals surface area contributed by atoms with Gasteiger partial charge in [-0.3, -0.25) is 4.79 Å². The van der Waals surface area contributed by atoms with Crippen molar-refractivity contribution in [3.8, 4) is 5.88 Å². The van der Waals surface area contributed by atoms with Gasteiger partial charge in [0.15, 0.2) is 0 Å². The number of imide groups is 1. The highest BCUT2D eigenvalue weighted by atomic mass is 16.5. The maximum Gasteiger partial charge on any atom is 0.329 e. The number of nitrogens with one attached hydrogen (secondary N) is 1. The van der Waals surface area contributed by atoms with Gasteiger partial charge in [-0.25, -0.2) is 14.7 Å². The van der Waals surface area contributed by atoms with Gasteiger partial charge in [0, 0.05) is 5.56 Å². The number of carbonyl (C=O) groups is 2. The zero-order valence-electron chi connectivity index (χ0n) is 12.4. The number of urea groups is 1. The molecule has 1 saturated heterocycles. The zero-order valence-corrected chi connectivity index (χ0v) is 12.4. The number of hydrogen-bond acceptors (Lipinski definition) is 4. The summed E-state index contributed by atoms with van der Waals surface area (Å²) in [6.07, 6.45) is 1.47. The molecule has 0 bridgehead atoms. The smallest absolute Gasteiger partial charge is 0.329 e. The summed E-state index contributed by atoms with van der Waals surface area (Å²) in [6.45, 7) is 7.36. The van der Waals surface area contributed by atoms with Crippen LogP contribution in [0.25, 0.3) is 0 Å². The van der Waals surface area contributed by atoms with Crippen LogP contribution in [-0.2, 0) is 4.79 Å². The molecule has 1 unspecified atom stereocenters. The first kappa shape index (κ1) is 14.3. The highest BCUT2D eigenvalue weighted by Crippen LogP contribution is 2.30. The Morgan fingerprint density at radius 3 is 2.50 bits per heavy atom. The maximum atomic E-state index is 12.5. The molecule has 6 nitrogen and oxygen atoms in total. The average molecular weight is 277 g/mol. The number of pyridine rings is 1. The van der Waals surface area contributed by atoms with Crippen LogP contribution in [0.4, 0.5) is 10.5 Å². The van der Waals surface area contributed by atoms with Crippen LogP contribution in [-0.4, -0.2) is 29.6 Å². The van der Waals surface area contributed by atoms with Crippen LogP contribution >= 0.6 is 0 Å². The summed E-state index contributed by atoms with van der Waals surface area (Å²) in [5, 5.41) is 2.75. The number of aromatic nitrogens is 1. The number of rotatable bonds is 3. The molecule has 20 heavy (non-hydrogen) atoms. The van der Waals surface area contributed by atoms with E-state index in [1.54, 1.807) is 13.0 Å². The van der Waals surface area contributed by atoms with E-state index in [9.17, 15) is 9.59 Å². The summed E-state index contributed by atoms with van der Waals surface area (Å²) in [5.41, 5.74) is 0.337. The molecule has 0 saturated carbocycles. The van der Waals surface area contributed by atoms with Crippen LogP contribution < -0.4 is 15.0 Å². The number of methoxy groups -OCH3 is 1. The first-order chi connectivity index (χ1) is 9.31. The summed E-state index contributed by atoms with van der Waals surface area (Å²) in [4.78, 5) is 29.9. The fourth-order valence-electron chi connectivity index (χ4n) is 2.17. The molecule has 2 rings (SSSR count). The SMILES string of the molecule is COc1ncc(N2C(=O)NC(C)(C(C)C)C2=O)cc1C. The van der Waals surface area contributed by atoms with Crippen molar-refractivity contribution in [2.24, 2.45) is 5.92 Å². The summed E-state index contributed by atoms with van der Waals surface area (Å²) < 4.78 is 5.08. The van der Waals surface area contributed by atoms with Crippen molar-refractivity contribution >= 4 is 17.6 Å². The highest BCUT2D eigenvalue weighted by Gasteiger charge is 2.50.